The number of aliphatic carboxylic acids is 1. The first-order valence-electron chi connectivity index (χ1n) is 6.58. The molecule has 0 amide bonds. The Kier molecular flexibility index (Phi) is 4.37. The summed E-state index contributed by atoms with van der Waals surface area (Å²) in [4.78, 5) is 11.4. The zero-order valence-corrected chi connectivity index (χ0v) is 10.8. The number of hydrogen-bond acceptors (Lipinski definition) is 2. The van der Waals surface area contributed by atoms with Crippen LogP contribution in [0.4, 0.5) is 0 Å². The van der Waals surface area contributed by atoms with Gasteiger partial charge < -0.3 is 9.84 Å². The Labute approximate surface area is 108 Å². The molecule has 1 aromatic rings. The van der Waals surface area contributed by atoms with Crippen LogP contribution in [0.15, 0.2) is 24.3 Å². The number of aryl methyl sites for hydroxylation is 1. The molecule has 1 N–H and O–H groups in total. The second-order valence-corrected chi connectivity index (χ2v) is 5.03. The Morgan fingerprint density at radius 1 is 1.39 bits per heavy atom. The second-order valence-electron chi connectivity index (χ2n) is 5.03. The molecule has 3 nitrogen and oxygen atoms in total. The van der Waals surface area contributed by atoms with E-state index >= 15 is 0 Å². The van der Waals surface area contributed by atoms with E-state index in [4.69, 9.17) is 4.74 Å². The van der Waals surface area contributed by atoms with Crippen molar-refractivity contribution >= 4 is 5.97 Å². The van der Waals surface area contributed by atoms with E-state index < -0.39 is 11.9 Å². The Hall–Kier alpha value is -1.35. The van der Waals surface area contributed by atoms with Crippen LogP contribution >= 0.6 is 0 Å². The van der Waals surface area contributed by atoms with E-state index in [0.29, 0.717) is 6.42 Å². The lowest BCUT2D eigenvalue weighted by Gasteiger charge is -2.25. The third kappa shape index (κ3) is 3.33. The highest BCUT2D eigenvalue weighted by molar-refractivity contribution is 5.76. The summed E-state index contributed by atoms with van der Waals surface area (Å²) in [6.07, 6.45) is 3.90. The molecule has 0 bridgehead atoms. The highest BCUT2D eigenvalue weighted by atomic mass is 16.5. The normalized spacial score (nSPS) is 21.5. The molecule has 0 spiro atoms. The van der Waals surface area contributed by atoms with Crippen molar-refractivity contribution in [2.24, 2.45) is 0 Å². The molecule has 1 aliphatic heterocycles. The van der Waals surface area contributed by atoms with E-state index in [1.165, 1.54) is 0 Å². The molecule has 98 valence electrons. The van der Waals surface area contributed by atoms with Crippen LogP contribution in [0.3, 0.4) is 0 Å². The van der Waals surface area contributed by atoms with Crippen molar-refractivity contribution in [3.05, 3.63) is 35.4 Å². The zero-order valence-electron chi connectivity index (χ0n) is 10.8. The van der Waals surface area contributed by atoms with E-state index in [2.05, 4.69) is 0 Å². The largest absolute Gasteiger partial charge is 0.481 e. The summed E-state index contributed by atoms with van der Waals surface area (Å²) in [6, 6.07) is 7.76. The van der Waals surface area contributed by atoms with Crippen molar-refractivity contribution in [3.8, 4) is 0 Å². The standard InChI is InChI=1S/C15H20O3/c1-11-5-7-12(8-6-11)14(15(16)17)10-13-4-2-3-9-18-13/h5-8,13-14H,2-4,9-10H2,1H3,(H,16,17). The number of carboxylic acid groups (broad SMARTS) is 1. The highest BCUT2D eigenvalue weighted by Gasteiger charge is 2.25. The third-order valence-electron chi connectivity index (χ3n) is 3.55. The average molecular weight is 248 g/mol. The Bertz CT molecular complexity index is 391. The van der Waals surface area contributed by atoms with E-state index in [0.717, 1.165) is 37.0 Å². The lowest BCUT2D eigenvalue weighted by Crippen LogP contribution is -2.24. The van der Waals surface area contributed by atoms with Gasteiger partial charge in [0.15, 0.2) is 0 Å². The maximum Gasteiger partial charge on any atom is 0.311 e. The van der Waals surface area contributed by atoms with Crippen molar-refractivity contribution in [1.29, 1.82) is 0 Å². The second kappa shape index (κ2) is 6.01. The first-order valence-corrected chi connectivity index (χ1v) is 6.58. The SMILES string of the molecule is Cc1ccc(C(CC2CCCCO2)C(=O)O)cc1. The fraction of sp³-hybridized carbons (Fsp3) is 0.533. The molecule has 1 fully saturated rings. The van der Waals surface area contributed by atoms with Crippen molar-refractivity contribution < 1.29 is 14.6 Å². The summed E-state index contributed by atoms with van der Waals surface area (Å²) in [5.74, 6) is -1.21. The molecular weight excluding hydrogens is 228 g/mol. The summed E-state index contributed by atoms with van der Waals surface area (Å²) in [7, 11) is 0. The molecule has 1 aromatic carbocycles. The molecule has 2 unspecified atom stereocenters. The molecule has 1 aliphatic rings. The van der Waals surface area contributed by atoms with Gasteiger partial charge in [-0.15, -0.1) is 0 Å². The number of carbonyl (C=O) groups is 1. The number of carboxylic acids is 1. The predicted octanol–water partition coefficient (Wildman–Crippen LogP) is 3.12. The summed E-state index contributed by atoms with van der Waals surface area (Å²) in [6.45, 7) is 2.77. The molecular formula is C15H20O3. The van der Waals surface area contributed by atoms with Crippen LogP contribution in [-0.2, 0) is 9.53 Å². The lowest BCUT2D eigenvalue weighted by atomic mass is 9.90. The smallest absolute Gasteiger partial charge is 0.311 e. The molecule has 3 heteroatoms. The number of rotatable bonds is 4. The summed E-state index contributed by atoms with van der Waals surface area (Å²) >= 11 is 0. The van der Waals surface area contributed by atoms with Gasteiger partial charge in [-0.05, 0) is 38.2 Å². The van der Waals surface area contributed by atoms with Crippen LogP contribution in [0.1, 0.15) is 42.7 Å². The minimum absolute atomic E-state index is 0.0983. The van der Waals surface area contributed by atoms with E-state index in [9.17, 15) is 9.90 Å². The zero-order chi connectivity index (χ0) is 13.0. The minimum Gasteiger partial charge on any atom is -0.481 e. The maximum atomic E-state index is 11.4. The van der Waals surface area contributed by atoms with Crippen molar-refractivity contribution in [2.75, 3.05) is 6.61 Å². The molecule has 1 saturated heterocycles. The van der Waals surface area contributed by atoms with Crippen LogP contribution in [0, 0.1) is 6.92 Å². The first kappa shape index (κ1) is 13.1. The number of benzene rings is 1. The van der Waals surface area contributed by atoms with Gasteiger partial charge in [0.2, 0.25) is 0 Å². The van der Waals surface area contributed by atoms with Gasteiger partial charge in [0.25, 0.3) is 0 Å². The fourth-order valence-corrected chi connectivity index (χ4v) is 2.43. The number of ether oxygens (including phenoxy) is 1. The van der Waals surface area contributed by atoms with Crippen molar-refractivity contribution in [1.82, 2.24) is 0 Å². The topological polar surface area (TPSA) is 46.5 Å². The Balaban J connectivity index is 2.07. The van der Waals surface area contributed by atoms with Gasteiger partial charge in [0.05, 0.1) is 12.0 Å². The minimum atomic E-state index is -0.756. The van der Waals surface area contributed by atoms with Crippen LogP contribution in [-0.4, -0.2) is 23.8 Å². The molecule has 0 radical (unpaired) electrons. The van der Waals surface area contributed by atoms with Crippen molar-refractivity contribution in [3.63, 3.8) is 0 Å². The van der Waals surface area contributed by atoms with Gasteiger partial charge in [-0.2, -0.15) is 0 Å². The molecule has 2 rings (SSSR count). The van der Waals surface area contributed by atoms with Gasteiger partial charge in [0.1, 0.15) is 0 Å². The number of hydrogen-bond donors (Lipinski definition) is 1. The monoisotopic (exact) mass is 248 g/mol. The van der Waals surface area contributed by atoms with E-state index in [1.807, 2.05) is 31.2 Å². The van der Waals surface area contributed by atoms with Crippen LogP contribution in [0.2, 0.25) is 0 Å². The molecule has 18 heavy (non-hydrogen) atoms. The van der Waals surface area contributed by atoms with E-state index in [1.54, 1.807) is 0 Å². The quantitative estimate of drug-likeness (QED) is 0.890. The van der Waals surface area contributed by atoms with Gasteiger partial charge in [-0.1, -0.05) is 29.8 Å². The third-order valence-corrected chi connectivity index (χ3v) is 3.55. The highest BCUT2D eigenvalue weighted by Crippen LogP contribution is 2.27. The maximum absolute atomic E-state index is 11.4. The predicted molar refractivity (Wildman–Crippen MR) is 69.8 cm³/mol. The summed E-state index contributed by atoms with van der Waals surface area (Å²) < 4.78 is 5.64. The van der Waals surface area contributed by atoms with E-state index in [-0.39, 0.29) is 6.10 Å². The Morgan fingerprint density at radius 2 is 2.11 bits per heavy atom. The van der Waals surface area contributed by atoms with Crippen LogP contribution < -0.4 is 0 Å². The lowest BCUT2D eigenvalue weighted by molar-refractivity contribution is -0.140. The first-order chi connectivity index (χ1) is 8.66. The van der Waals surface area contributed by atoms with Crippen LogP contribution in [0.5, 0.6) is 0 Å². The molecule has 1 heterocycles. The Morgan fingerprint density at radius 3 is 2.67 bits per heavy atom. The van der Waals surface area contributed by atoms with Gasteiger partial charge >= 0.3 is 5.97 Å². The fourth-order valence-electron chi connectivity index (χ4n) is 2.43. The average Bonchev–Trinajstić information content (AvgIpc) is 2.38. The summed E-state index contributed by atoms with van der Waals surface area (Å²) in [5, 5.41) is 9.37. The molecule has 0 saturated carbocycles. The van der Waals surface area contributed by atoms with Gasteiger partial charge in [-0.25, -0.2) is 0 Å². The molecule has 0 aromatic heterocycles. The summed E-state index contributed by atoms with van der Waals surface area (Å²) in [5.41, 5.74) is 2.03. The van der Waals surface area contributed by atoms with Crippen molar-refractivity contribution in [2.45, 2.75) is 44.6 Å². The van der Waals surface area contributed by atoms with Gasteiger partial charge in [-0.3, -0.25) is 4.79 Å². The van der Waals surface area contributed by atoms with Crippen LogP contribution in [0.25, 0.3) is 0 Å². The van der Waals surface area contributed by atoms with Gasteiger partial charge in [0, 0.05) is 6.61 Å². The molecule has 2 atom stereocenters. The molecule has 0 aliphatic carbocycles.